The van der Waals surface area contributed by atoms with Gasteiger partial charge in [-0.2, -0.15) is 5.26 Å². The van der Waals surface area contributed by atoms with Crippen molar-refractivity contribution >= 4 is 11.6 Å². The minimum atomic E-state index is -0.291. The monoisotopic (exact) mass is 253 g/mol. The summed E-state index contributed by atoms with van der Waals surface area (Å²) in [6.07, 6.45) is 5.74. The molecule has 4 nitrogen and oxygen atoms in total. The van der Waals surface area contributed by atoms with E-state index in [1.165, 1.54) is 6.20 Å². The molecule has 0 aliphatic carbocycles. The summed E-state index contributed by atoms with van der Waals surface area (Å²) >= 11 is 5.63. The summed E-state index contributed by atoms with van der Waals surface area (Å²) in [5.41, 5.74) is -0.547. The van der Waals surface area contributed by atoms with Gasteiger partial charge in [0, 0.05) is 18.9 Å². The number of halogens is 1. The van der Waals surface area contributed by atoms with Crippen molar-refractivity contribution in [2.75, 3.05) is 0 Å². The summed E-state index contributed by atoms with van der Waals surface area (Å²) in [6, 6.07) is 2.26. The third-order valence-corrected chi connectivity index (χ3v) is 2.88. The molecule has 0 aliphatic rings. The molecule has 5 heteroatoms. The van der Waals surface area contributed by atoms with Gasteiger partial charge in [-0.25, -0.2) is 4.98 Å². The largest absolute Gasteiger partial charge is 0.311 e. The van der Waals surface area contributed by atoms with Crippen molar-refractivity contribution in [2.24, 2.45) is 5.41 Å². The van der Waals surface area contributed by atoms with Gasteiger partial charge >= 0.3 is 0 Å². The molecule has 17 heavy (non-hydrogen) atoms. The van der Waals surface area contributed by atoms with E-state index < -0.39 is 0 Å². The fourth-order valence-electron chi connectivity index (χ4n) is 1.50. The molecule has 1 aromatic heterocycles. The van der Waals surface area contributed by atoms with Crippen LogP contribution in [0.25, 0.3) is 0 Å². The lowest BCUT2D eigenvalue weighted by Gasteiger charge is -2.14. The molecule has 0 spiro atoms. The van der Waals surface area contributed by atoms with Crippen LogP contribution in [0.4, 0.5) is 0 Å². The Morgan fingerprint density at radius 1 is 1.53 bits per heavy atom. The zero-order valence-electron chi connectivity index (χ0n) is 10.1. The number of aryl methyl sites for hydroxylation is 1. The Labute approximate surface area is 106 Å². The van der Waals surface area contributed by atoms with E-state index >= 15 is 0 Å². The van der Waals surface area contributed by atoms with E-state index in [0.29, 0.717) is 6.54 Å². The maximum Gasteiger partial charge on any atom is 0.288 e. The summed E-state index contributed by atoms with van der Waals surface area (Å²) in [4.78, 5) is 15.2. The lowest BCUT2D eigenvalue weighted by Crippen LogP contribution is -2.21. The summed E-state index contributed by atoms with van der Waals surface area (Å²) in [5.74, 6) is 0. The van der Waals surface area contributed by atoms with Crippen LogP contribution in [-0.4, -0.2) is 9.55 Å². The van der Waals surface area contributed by atoms with Crippen LogP contribution >= 0.6 is 11.6 Å². The molecule has 0 bridgehead atoms. The van der Waals surface area contributed by atoms with Crippen molar-refractivity contribution in [1.29, 1.82) is 5.26 Å². The molecule has 0 unspecified atom stereocenters. The fourth-order valence-corrected chi connectivity index (χ4v) is 1.67. The zero-order valence-corrected chi connectivity index (χ0v) is 10.9. The van der Waals surface area contributed by atoms with Gasteiger partial charge in [0.15, 0.2) is 5.15 Å². The van der Waals surface area contributed by atoms with E-state index in [-0.39, 0.29) is 16.1 Å². The van der Waals surface area contributed by atoms with Gasteiger partial charge in [-0.05, 0) is 26.7 Å². The molecule has 0 aromatic carbocycles. The van der Waals surface area contributed by atoms with Gasteiger partial charge in [-0.3, -0.25) is 4.79 Å². The standard InChI is InChI=1S/C12H16ClN3O/c1-12(2,9-14)5-3-4-7-16-8-6-15-10(13)11(16)17/h6,8H,3-5,7H2,1-2H3. The lowest BCUT2D eigenvalue weighted by molar-refractivity contribution is 0.415. The zero-order chi connectivity index (χ0) is 12.9. The lowest BCUT2D eigenvalue weighted by atomic mass is 9.89. The predicted octanol–water partition coefficient (Wildman–Crippen LogP) is 2.62. The van der Waals surface area contributed by atoms with Crippen molar-refractivity contribution < 1.29 is 0 Å². The summed E-state index contributed by atoms with van der Waals surface area (Å²) < 4.78 is 1.55. The molecular weight excluding hydrogens is 238 g/mol. The maximum atomic E-state index is 11.5. The minimum Gasteiger partial charge on any atom is -0.311 e. The number of hydrogen-bond donors (Lipinski definition) is 0. The Balaban J connectivity index is 2.45. The second kappa shape index (κ2) is 5.83. The highest BCUT2D eigenvalue weighted by Gasteiger charge is 2.15. The van der Waals surface area contributed by atoms with Crippen molar-refractivity contribution in [2.45, 2.75) is 39.7 Å². The Kier molecular flexibility index (Phi) is 4.71. The molecule has 0 amide bonds. The average molecular weight is 254 g/mol. The Hall–Kier alpha value is -1.34. The van der Waals surface area contributed by atoms with Gasteiger partial charge in [-0.1, -0.05) is 18.0 Å². The molecule has 0 saturated carbocycles. The fraction of sp³-hybridized carbons (Fsp3) is 0.583. The highest BCUT2D eigenvalue weighted by atomic mass is 35.5. The van der Waals surface area contributed by atoms with Gasteiger partial charge in [0.2, 0.25) is 0 Å². The van der Waals surface area contributed by atoms with Gasteiger partial charge in [-0.15, -0.1) is 0 Å². The number of aromatic nitrogens is 2. The average Bonchev–Trinajstić information content (AvgIpc) is 2.30. The summed E-state index contributed by atoms with van der Waals surface area (Å²) in [7, 11) is 0. The van der Waals surface area contributed by atoms with E-state index in [9.17, 15) is 4.79 Å². The van der Waals surface area contributed by atoms with Gasteiger partial charge < -0.3 is 4.57 Å². The van der Waals surface area contributed by atoms with E-state index in [1.807, 2.05) is 13.8 Å². The highest BCUT2D eigenvalue weighted by molar-refractivity contribution is 6.29. The molecule has 1 rings (SSSR count). The van der Waals surface area contributed by atoms with Crippen molar-refractivity contribution in [1.82, 2.24) is 9.55 Å². The normalized spacial score (nSPS) is 11.2. The molecule has 0 radical (unpaired) electrons. The number of hydrogen-bond acceptors (Lipinski definition) is 3. The molecule has 0 N–H and O–H groups in total. The number of nitrogens with zero attached hydrogens (tertiary/aromatic N) is 3. The first-order valence-corrected chi connectivity index (χ1v) is 5.96. The number of rotatable bonds is 5. The molecule has 92 valence electrons. The summed E-state index contributed by atoms with van der Waals surface area (Å²) in [6.45, 7) is 4.45. The van der Waals surface area contributed by atoms with Crippen LogP contribution in [0.3, 0.4) is 0 Å². The van der Waals surface area contributed by atoms with Crippen LogP contribution < -0.4 is 5.56 Å². The first kappa shape index (κ1) is 13.7. The van der Waals surface area contributed by atoms with E-state index in [0.717, 1.165) is 19.3 Å². The first-order valence-electron chi connectivity index (χ1n) is 5.58. The van der Waals surface area contributed by atoms with Crippen LogP contribution in [-0.2, 0) is 6.54 Å². The molecule has 0 fully saturated rings. The minimum absolute atomic E-state index is 0.00450. The first-order chi connectivity index (χ1) is 7.96. The van der Waals surface area contributed by atoms with E-state index in [2.05, 4.69) is 11.1 Å². The Morgan fingerprint density at radius 3 is 2.88 bits per heavy atom. The highest BCUT2D eigenvalue weighted by Crippen LogP contribution is 2.21. The topological polar surface area (TPSA) is 58.7 Å². The van der Waals surface area contributed by atoms with Crippen LogP contribution in [0.15, 0.2) is 17.2 Å². The number of nitriles is 1. The SMILES string of the molecule is CC(C)(C#N)CCCCn1ccnc(Cl)c1=O. The van der Waals surface area contributed by atoms with E-state index in [1.54, 1.807) is 10.8 Å². The van der Waals surface area contributed by atoms with Gasteiger partial charge in [0.1, 0.15) is 0 Å². The molecule has 0 atom stereocenters. The van der Waals surface area contributed by atoms with Crippen molar-refractivity contribution in [3.05, 3.63) is 27.9 Å². The summed E-state index contributed by atoms with van der Waals surface area (Å²) in [5, 5.41) is 8.86. The third kappa shape index (κ3) is 4.20. The molecule has 0 aliphatic heterocycles. The van der Waals surface area contributed by atoms with Gasteiger partial charge in [0.25, 0.3) is 5.56 Å². The maximum absolute atomic E-state index is 11.5. The Morgan fingerprint density at radius 2 is 2.24 bits per heavy atom. The third-order valence-electron chi connectivity index (χ3n) is 2.63. The van der Waals surface area contributed by atoms with Crippen LogP contribution in [0.2, 0.25) is 5.15 Å². The van der Waals surface area contributed by atoms with Crippen LogP contribution in [0, 0.1) is 16.7 Å². The second-order valence-corrected chi connectivity index (χ2v) is 5.03. The molecular formula is C12H16ClN3O. The molecule has 0 saturated heterocycles. The van der Waals surface area contributed by atoms with Gasteiger partial charge in [0.05, 0.1) is 11.5 Å². The van der Waals surface area contributed by atoms with E-state index in [4.69, 9.17) is 16.9 Å². The quantitative estimate of drug-likeness (QED) is 0.758. The van der Waals surface area contributed by atoms with Crippen LogP contribution in [0.5, 0.6) is 0 Å². The second-order valence-electron chi connectivity index (χ2n) is 4.67. The smallest absolute Gasteiger partial charge is 0.288 e. The Bertz CT molecular complexity index is 473. The molecule has 1 aromatic rings. The van der Waals surface area contributed by atoms with Crippen LogP contribution in [0.1, 0.15) is 33.1 Å². The number of unbranched alkanes of at least 4 members (excludes halogenated alkanes) is 1. The predicted molar refractivity (Wildman–Crippen MR) is 66.8 cm³/mol. The van der Waals surface area contributed by atoms with Crippen molar-refractivity contribution in [3.63, 3.8) is 0 Å². The molecule has 1 heterocycles. The van der Waals surface area contributed by atoms with Crippen molar-refractivity contribution in [3.8, 4) is 6.07 Å².